The Morgan fingerprint density at radius 1 is 1.09 bits per heavy atom. The molecule has 8 heteroatoms. The topological polar surface area (TPSA) is 49.3 Å². The standard InChI is InChI=1S/C25H33FN4O2.HI/c1-19-5-3-4-6-22(19)24-18-30(13-16-32-24)25(27-2)28-17-23(29-11-14-31-15-12-29)20-7-9-21(26)10-8-20;/h3-10,23-24H,11-18H2,1-2H3,(H,27,28);1H. The molecule has 1 N–H and O–H groups in total. The Morgan fingerprint density at radius 2 is 1.82 bits per heavy atom. The van der Waals surface area contributed by atoms with E-state index in [2.05, 4.69) is 51.3 Å². The number of aryl methyl sites for hydroxylation is 1. The first-order valence-corrected chi connectivity index (χ1v) is 11.4. The summed E-state index contributed by atoms with van der Waals surface area (Å²) in [5.41, 5.74) is 3.56. The molecule has 2 fully saturated rings. The van der Waals surface area contributed by atoms with Gasteiger partial charge in [-0.05, 0) is 35.7 Å². The zero-order valence-corrected chi connectivity index (χ0v) is 21.7. The number of ether oxygens (including phenoxy) is 2. The maximum Gasteiger partial charge on any atom is 0.193 e. The van der Waals surface area contributed by atoms with E-state index in [4.69, 9.17) is 9.47 Å². The van der Waals surface area contributed by atoms with Crippen molar-refractivity contribution in [2.24, 2.45) is 4.99 Å². The monoisotopic (exact) mass is 568 g/mol. The minimum atomic E-state index is -0.214. The second-order valence-corrected chi connectivity index (χ2v) is 8.31. The summed E-state index contributed by atoms with van der Waals surface area (Å²) in [5, 5.41) is 3.58. The van der Waals surface area contributed by atoms with Gasteiger partial charge < -0.3 is 19.7 Å². The zero-order valence-electron chi connectivity index (χ0n) is 19.4. The molecular formula is C25H34FIN4O2. The molecule has 6 nitrogen and oxygen atoms in total. The van der Waals surface area contributed by atoms with Gasteiger partial charge in [0.2, 0.25) is 0 Å². The van der Waals surface area contributed by atoms with Crippen LogP contribution in [0.3, 0.4) is 0 Å². The maximum absolute atomic E-state index is 13.5. The Bertz CT molecular complexity index is 906. The molecular weight excluding hydrogens is 534 g/mol. The lowest BCUT2D eigenvalue weighted by Crippen LogP contribution is -2.51. The van der Waals surface area contributed by atoms with Crippen molar-refractivity contribution in [3.63, 3.8) is 0 Å². The number of hydrogen-bond acceptors (Lipinski definition) is 4. The maximum atomic E-state index is 13.5. The Balaban J connectivity index is 0.00000306. The van der Waals surface area contributed by atoms with Gasteiger partial charge in [0.05, 0.1) is 32.4 Å². The van der Waals surface area contributed by atoms with E-state index >= 15 is 0 Å². The molecule has 0 saturated carbocycles. The number of nitrogens with zero attached hydrogens (tertiary/aromatic N) is 3. The third-order valence-electron chi connectivity index (χ3n) is 6.31. The Kier molecular flexibility index (Phi) is 9.91. The minimum Gasteiger partial charge on any atom is -0.379 e. The van der Waals surface area contributed by atoms with Gasteiger partial charge in [-0.2, -0.15) is 0 Å². The molecule has 0 spiro atoms. The third kappa shape index (κ3) is 6.65. The van der Waals surface area contributed by atoms with Crippen LogP contribution in [-0.4, -0.2) is 75.4 Å². The van der Waals surface area contributed by atoms with Crippen molar-refractivity contribution < 1.29 is 13.9 Å². The number of benzene rings is 2. The van der Waals surface area contributed by atoms with Crippen LogP contribution in [0.25, 0.3) is 0 Å². The highest BCUT2D eigenvalue weighted by atomic mass is 127. The van der Waals surface area contributed by atoms with Gasteiger partial charge in [0, 0.05) is 33.2 Å². The summed E-state index contributed by atoms with van der Waals surface area (Å²) in [4.78, 5) is 9.22. The van der Waals surface area contributed by atoms with Crippen LogP contribution in [0.2, 0.25) is 0 Å². The summed E-state index contributed by atoms with van der Waals surface area (Å²) < 4.78 is 25.2. The van der Waals surface area contributed by atoms with Crippen molar-refractivity contribution in [3.05, 3.63) is 71.0 Å². The molecule has 2 saturated heterocycles. The second-order valence-electron chi connectivity index (χ2n) is 8.31. The quantitative estimate of drug-likeness (QED) is 0.338. The molecule has 2 aromatic rings. The van der Waals surface area contributed by atoms with Gasteiger partial charge in [-0.15, -0.1) is 24.0 Å². The van der Waals surface area contributed by atoms with Gasteiger partial charge in [0.1, 0.15) is 11.9 Å². The Morgan fingerprint density at radius 3 is 2.52 bits per heavy atom. The minimum absolute atomic E-state index is 0. The van der Waals surface area contributed by atoms with Gasteiger partial charge in [0.15, 0.2) is 5.96 Å². The molecule has 2 atom stereocenters. The van der Waals surface area contributed by atoms with Crippen LogP contribution in [0.4, 0.5) is 4.39 Å². The van der Waals surface area contributed by atoms with E-state index in [0.29, 0.717) is 26.4 Å². The van der Waals surface area contributed by atoms with E-state index in [-0.39, 0.29) is 41.9 Å². The van der Waals surface area contributed by atoms with Crippen molar-refractivity contribution in [1.29, 1.82) is 0 Å². The van der Waals surface area contributed by atoms with Gasteiger partial charge >= 0.3 is 0 Å². The highest BCUT2D eigenvalue weighted by Gasteiger charge is 2.27. The van der Waals surface area contributed by atoms with Crippen molar-refractivity contribution in [1.82, 2.24) is 15.1 Å². The van der Waals surface area contributed by atoms with E-state index in [1.165, 1.54) is 23.3 Å². The number of halogens is 2. The largest absolute Gasteiger partial charge is 0.379 e. The predicted octanol–water partition coefficient (Wildman–Crippen LogP) is 3.77. The van der Waals surface area contributed by atoms with Crippen LogP contribution < -0.4 is 5.32 Å². The summed E-state index contributed by atoms with van der Waals surface area (Å²) in [6.07, 6.45) is 0.0237. The van der Waals surface area contributed by atoms with Crippen LogP contribution in [-0.2, 0) is 9.47 Å². The Labute approximate surface area is 213 Å². The molecule has 0 bridgehead atoms. The van der Waals surface area contributed by atoms with Crippen LogP contribution >= 0.6 is 24.0 Å². The SMILES string of the molecule is CN=C(NCC(c1ccc(F)cc1)N1CCOCC1)N1CCOC(c2ccccc2C)C1.I. The summed E-state index contributed by atoms with van der Waals surface area (Å²) in [5.74, 6) is 0.654. The van der Waals surface area contributed by atoms with E-state index in [1.54, 1.807) is 0 Å². The summed E-state index contributed by atoms with van der Waals surface area (Å²) in [6, 6.07) is 15.3. The lowest BCUT2D eigenvalue weighted by Gasteiger charge is -2.38. The van der Waals surface area contributed by atoms with Crippen molar-refractivity contribution in [3.8, 4) is 0 Å². The van der Waals surface area contributed by atoms with Crippen LogP contribution in [0, 0.1) is 12.7 Å². The molecule has 2 heterocycles. The highest BCUT2D eigenvalue weighted by molar-refractivity contribution is 14.0. The average Bonchev–Trinajstić information content (AvgIpc) is 2.84. The number of morpholine rings is 2. The van der Waals surface area contributed by atoms with E-state index in [9.17, 15) is 4.39 Å². The van der Waals surface area contributed by atoms with Crippen LogP contribution in [0.1, 0.15) is 28.8 Å². The van der Waals surface area contributed by atoms with Crippen molar-refractivity contribution in [2.75, 3.05) is 59.6 Å². The molecule has 0 aliphatic carbocycles. The van der Waals surface area contributed by atoms with E-state index < -0.39 is 0 Å². The number of nitrogens with one attached hydrogen (secondary N) is 1. The fraction of sp³-hybridized carbons (Fsp3) is 0.480. The molecule has 0 amide bonds. The molecule has 2 aromatic carbocycles. The number of hydrogen-bond donors (Lipinski definition) is 1. The van der Waals surface area contributed by atoms with Gasteiger partial charge in [-0.25, -0.2) is 4.39 Å². The molecule has 0 aromatic heterocycles. The van der Waals surface area contributed by atoms with Crippen LogP contribution in [0.15, 0.2) is 53.5 Å². The third-order valence-corrected chi connectivity index (χ3v) is 6.31. The smallest absolute Gasteiger partial charge is 0.193 e. The highest BCUT2D eigenvalue weighted by Crippen LogP contribution is 2.26. The first-order valence-electron chi connectivity index (χ1n) is 11.4. The lowest BCUT2D eigenvalue weighted by molar-refractivity contribution is -0.00881. The first-order chi connectivity index (χ1) is 15.7. The fourth-order valence-electron chi connectivity index (χ4n) is 4.53. The number of guanidine groups is 1. The van der Waals surface area contributed by atoms with Crippen molar-refractivity contribution in [2.45, 2.75) is 19.1 Å². The first kappa shape index (κ1) is 25.9. The van der Waals surface area contributed by atoms with Gasteiger partial charge in [-0.1, -0.05) is 36.4 Å². The van der Waals surface area contributed by atoms with Gasteiger partial charge in [0.25, 0.3) is 0 Å². The molecule has 2 aliphatic rings. The lowest BCUT2D eigenvalue weighted by atomic mass is 10.0. The molecule has 0 radical (unpaired) electrons. The van der Waals surface area contributed by atoms with E-state index in [1.807, 2.05) is 19.2 Å². The molecule has 4 rings (SSSR count). The fourth-order valence-corrected chi connectivity index (χ4v) is 4.53. The summed E-state index contributed by atoms with van der Waals surface area (Å²) >= 11 is 0. The predicted molar refractivity (Wildman–Crippen MR) is 140 cm³/mol. The van der Waals surface area contributed by atoms with Crippen molar-refractivity contribution >= 4 is 29.9 Å². The molecule has 33 heavy (non-hydrogen) atoms. The average molecular weight is 568 g/mol. The zero-order chi connectivity index (χ0) is 22.3. The summed E-state index contributed by atoms with van der Waals surface area (Å²) in [7, 11) is 1.82. The van der Waals surface area contributed by atoms with E-state index in [0.717, 1.165) is 37.7 Å². The molecule has 2 aliphatic heterocycles. The Hall–Kier alpha value is -1.75. The normalized spacial score (nSPS) is 20.8. The molecule has 2 unspecified atom stereocenters. The number of rotatable bonds is 5. The second kappa shape index (κ2) is 12.6. The molecule has 180 valence electrons. The number of aliphatic imine (C=N–C) groups is 1. The summed E-state index contributed by atoms with van der Waals surface area (Å²) in [6.45, 7) is 8.16. The van der Waals surface area contributed by atoms with Crippen LogP contribution in [0.5, 0.6) is 0 Å². The van der Waals surface area contributed by atoms with Gasteiger partial charge in [-0.3, -0.25) is 9.89 Å².